The monoisotopic (exact) mass is 348 g/mol. The van der Waals surface area contributed by atoms with E-state index in [1.54, 1.807) is 19.1 Å². The van der Waals surface area contributed by atoms with Crippen molar-refractivity contribution in [3.63, 3.8) is 0 Å². The summed E-state index contributed by atoms with van der Waals surface area (Å²) in [5, 5.41) is 2.56. The molecule has 0 spiro atoms. The molecule has 0 unspecified atom stereocenters. The van der Waals surface area contributed by atoms with Gasteiger partial charge in [-0.15, -0.1) is 6.58 Å². The first kappa shape index (κ1) is 17.8. The molecule has 0 saturated heterocycles. The first-order chi connectivity index (χ1) is 11.3. The summed E-state index contributed by atoms with van der Waals surface area (Å²) < 4.78 is 39.7. The molecule has 24 heavy (non-hydrogen) atoms. The number of hydrogen-bond acceptors (Lipinski definition) is 3. The van der Waals surface area contributed by atoms with Gasteiger partial charge in [0.25, 0.3) is 5.91 Å². The van der Waals surface area contributed by atoms with Crippen molar-refractivity contribution in [1.82, 2.24) is 4.72 Å². The smallest absolute Gasteiger partial charge is 0.255 e. The SMILES string of the molecule is C=CCNS(=O)(=O)c1ccc(C(=O)Nc2ccc(C)c(F)c2)cc1. The largest absolute Gasteiger partial charge is 0.322 e. The van der Waals surface area contributed by atoms with Gasteiger partial charge >= 0.3 is 0 Å². The highest BCUT2D eigenvalue weighted by Gasteiger charge is 2.14. The van der Waals surface area contributed by atoms with E-state index in [0.717, 1.165) is 0 Å². The highest BCUT2D eigenvalue weighted by atomic mass is 32.2. The van der Waals surface area contributed by atoms with Crippen molar-refractivity contribution in [2.75, 3.05) is 11.9 Å². The quantitative estimate of drug-likeness (QED) is 0.788. The lowest BCUT2D eigenvalue weighted by atomic mass is 10.2. The number of nitrogens with one attached hydrogen (secondary N) is 2. The fraction of sp³-hybridized carbons (Fsp3) is 0.118. The fourth-order valence-electron chi connectivity index (χ4n) is 1.91. The van der Waals surface area contributed by atoms with Crippen molar-refractivity contribution in [1.29, 1.82) is 0 Å². The van der Waals surface area contributed by atoms with Gasteiger partial charge in [-0.3, -0.25) is 4.79 Å². The molecule has 0 aliphatic rings. The molecule has 0 saturated carbocycles. The van der Waals surface area contributed by atoms with Crippen LogP contribution in [-0.4, -0.2) is 20.9 Å². The summed E-state index contributed by atoms with van der Waals surface area (Å²) in [5.74, 6) is -0.871. The Bertz CT molecular complexity index is 862. The van der Waals surface area contributed by atoms with Crippen LogP contribution in [0.15, 0.2) is 60.0 Å². The number of anilines is 1. The number of carbonyl (C=O) groups is 1. The highest BCUT2D eigenvalue weighted by Crippen LogP contribution is 2.16. The summed E-state index contributed by atoms with van der Waals surface area (Å²) in [5.41, 5.74) is 1.07. The Balaban J connectivity index is 2.13. The van der Waals surface area contributed by atoms with Crippen LogP contribution in [0.4, 0.5) is 10.1 Å². The average Bonchev–Trinajstić information content (AvgIpc) is 2.56. The van der Waals surface area contributed by atoms with E-state index < -0.39 is 21.7 Å². The molecule has 0 aliphatic heterocycles. The Hall–Kier alpha value is -2.51. The Labute approximate surface area is 140 Å². The van der Waals surface area contributed by atoms with E-state index in [4.69, 9.17) is 0 Å². The van der Waals surface area contributed by atoms with Crippen molar-refractivity contribution >= 4 is 21.6 Å². The topological polar surface area (TPSA) is 75.3 Å². The molecular weight excluding hydrogens is 331 g/mol. The first-order valence-corrected chi connectivity index (χ1v) is 8.60. The maximum absolute atomic E-state index is 13.5. The molecule has 2 aromatic rings. The predicted molar refractivity (Wildman–Crippen MR) is 90.9 cm³/mol. The van der Waals surface area contributed by atoms with Gasteiger partial charge in [0.05, 0.1) is 4.90 Å². The zero-order chi connectivity index (χ0) is 17.7. The van der Waals surface area contributed by atoms with Gasteiger partial charge in [-0.1, -0.05) is 12.1 Å². The lowest BCUT2D eigenvalue weighted by Crippen LogP contribution is -2.23. The summed E-state index contributed by atoms with van der Waals surface area (Å²) >= 11 is 0. The Morgan fingerprint density at radius 2 is 1.88 bits per heavy atom. The van der Waals surface area contributed by atoms with E-state index in [2.05, 4.69) is 16.6 Å². The number of amides is 1. The van der Waals surface area contributed by atoms with Crippen LogP contribution >= 0.6 is 0 Å². The van der Waals surface area contributed by atoms with Crippen molar-refractivity contribution in [2.45, 2.75) is 11.8 Å². The van der Waals surface area contributed by atoms with E-state index in [1.165, 1.54) is 36.4 Å². The van der Waals surface area contributed by atoms with Gasteiger partial charge in [-0.25, -0.2) is 17.5 Å². The average molecular weight is 348 g/mol. The minimum atomic E-state index is -3.64. The van der Waals surface area contributed by atoms with Gasteiger partial charge in [0.1, 0.15) is 5.82 Å². The van der Waals surface area contributed by atoms with Crippen molar-refractivity contribution in [2.24, 2.45) is 0 Å². The molecule has 0 radical (unpaired) electrons. The van der Waals surface area contributed by atoms with Crippen LogP contribution in [0.25, 0.3) is 0 Å². The van der Waals surface area contributed by atoms with Gasteiger partial charge in [0, 0.05) is 17.8 Å². The van der Waals surface area contributed by atoms with Crippen LogP contribution in [0.2, 0.25) is 0 Å². The molecule has 1 amide bonds. The van der Waals surface area contributed by atoms with E-state index in [1.807, 2.05) is 0 Å². The molecule has 0 aliphatic carbocycles. The zero-order valence-electron chi connectivity index (χ0n) is 13.0. The van der Waals surface area contributed by atoms with E-state index in [9.17, 15) is 17.6 Å². The molecule has 5 nitrogen and oxygen atoms in total. The molecule has 0 bridgehead atoms. The van der Waals surface area contributed by atoms with Crippen molar-refractivity contribution in [3.05, 3.63) is 72.1 Å². The third kappa shape index (κ3) is 4.27. The van der Waals surface area contributed by atoms with Crippen LogP contribution in [0, 0.1) is 12.7 Å². The number of halogens is 1. The third-order valence-electron chi connectivity index (χ3n) is 3.27. The molecule has 0 aromatic heterocycles. The summed E-state index contributed by atoms with van der Waals surface area (Å²) in [4.78, 5) is 12.2. The minimum absolute atomic E-state index is 0.0438. The number of aryl methyl sites for hydroxylation is 1. The predicted octanol–water partition coefficient (Wildman–Crippen LogP) is 2.85. The van der Waals surface area contributed by atoms with E-state index >= 15 is 0 Å². The molecule has 2 N–H and O–H groups in total. The van der Waals surface area contributed by atoms with Crippen LogP contribution in [0.5, 0.6) is 0 Å². The standard InChI is InChI=1S/C17H17FN2O3S/c1-3-10-19-24(22,23)15-8-5-13(6-9-15)17(21)20-14-7-4-12(2)16(18)11-14/h3-9,11,19H,1,10H2,2H3,(H,20,21). The second-order valence-electron chi connectivity index (χ2n) is 5.08. The molecule has 2 rings (SSSR count). The molecule has 126 valence electrons. The second-order valence-corrected chi connectivity index (χ2v) is 6.85. The normalized spacial score (nSPS) is 11.1. The summed E-state index contributed by atoms with van der Waals surface area (Å²) in [6, 6.07) is 9.82. The summed E-state index contributed by atoms with van der Waals surface area (Å²) in [7, 11) is -3.64. The molecule has 2 aromatic carbocycles. The maximum atomic E-state index is 13.5. The Kier molecular flexibility index (Phi) is 5.48. The Morgan fingerprint density at radius 1 is 1.21 bits per heavy atom. The number of rotatable bonds is 6. The first-order valence-electron chi connectivity index (χ1n) is 7.11. The second kappa shape index (κ2) is 7.37. The summed E-state index contributed by atoms with van der Waals surface area (Å²) in [6.45, 7) is 5.18. The highest BCUT2D eigenvalue weighted by molar-refractivity contribution is 7.89. The molecule has 7 heteroatoms. The van der Waals surface area contributed by atoms with Gasteiger partial charge in [-0.05, 0) is 48.9 Å². The number of hydrogen-bond donors (Lipinski definition) is 2. The van der Waals surface area contributed by atoms with E-state index in [-0.39, 0.29) is 17.0 Å². The van der Waals surface area contributed by atoms with Crippen LogP contribution in [0.1, 0.15) is 15.9 Å². The molecule has 0 heterocycles. The van der Waals surface area contributed by atoms with Gasteiger partial charge in [0.2, 0.25) is 10.0 Å². The molecular formula is C17H17FN2O3S. The fourth-order valence-corrected chi connectivity index (χ4v) is 2.91. The van der Waals surface area contributed by atoms with Gasteiger partial charge in [0.15, 0.2) is 0 Å². The van der Waals surface area contributed by atoms with Gasteiger partial charge < -0.3 is 5.32 Å². The Morgan fingerprint density at radius 3 is 2.46 bits per heavy atom. The van der Waals surface area contributed by atoms with Crippen LogP contribution in [0.3, 0.4) is 0 Å². The zero-order valence-corrected chi connectivity index (χ0v) is 13.9. The van der Waals surface area contributed by atoms with Gasteiger partial charge in [-0.2, -0.15) is 0 Å². The van der Waals surface area contributed by atoms with E-state index in [0.29, 0.717) is 11.3 Å². The number of carbonyl (C=O) groups excluding carboxylic acids is 1. The number of benzene rings is 2. The number of sulfonamides is 1. The minimum Gasteiger partial charge on any atom is -0.322 e. The van der Waals surface area contributed by atoms with Crippen LogP contribution in [-0.2, 0) is 10.0 Å². The molecule has 0 fully saturated rings. The lowest BCUT2D eigenvalue weighted by molar-refractivity contribution is 0.102. The van der Waals surface area contributed by atoms with Crippen molar-refractivity contribution < 1.29 is 17.6 Å². The summed E-state index contributed by atoms with van der Waals surface area (Å²) in [6.07, 6.45) is 1.43. The lowest BCUT2D eigenvalue weighted by Gasteiger charge is -2.08. The van der Waals surface area contributed by atoms with Crippen LogP contribution < -0.4 is 10.0 Å². The third-order valence-corrected chi connectivity index (χ3v) is 4.71. The molecule has 0 atom stereocenters. The van der Waals surface area contributed by atoms with Crippen molar-refractivity contribution in [3.8, 4) is 0 Å². The maximum Gasteiger partial charge on any atom is 0.255 e.